The van der Waals surface area contributed by atoms with Gasteiger partial charge < -0.3 is 0 Å². The maximum absolute atomic E-state index is 11.5. The van der Waals surface area contributed by atoms with E-state index in [9.17, 15) is 8.42 Å². The zero-order valence-electron chi connectivity index (χ0n) is 10.7. The first-order valence-corrected chi connectivity index (χ1v) is 7.66. The second-order valence-corrected chi connectivity index (χ2v) is 6.46. The molecule has 0 amide bonds. The highest BCUT2D eigenvalue weighted by atomic mass is 32.2. The minimum atomic E-state index is -3.11. The predicted octanol–water partition coefficient (Wildman–Crippen LogP) is 2.64. The zero-order chi connectivity index (χ0) is 12.9. The predicted molar refractivity (Wildman–Crippen MR) is 71.4 cm³/mol. The molecule has 0 aliphatic rings. The number of sulfonamides is 1. The summed E-state index contributed by atoms with van der Waals surface area (Å²) < 4.78 is 25.5. The average molecular weight is 255 g/mol. The van der Waals surface area contributed by atoms with E-state index >= 15 is 0 Å². The van der Waals surface area contributed by atoms with Crippen molar-refractivity contribution in [2.45, 2.75) is 39.7 Å². The molecule has 4 heteroatoms. The molecule has 0 bridgehead atoms. The SMILES string of the molecule is CCCS(=O)(=O)NCc1ccc(C(C)C)cc1. The minimum Gasteiger partial charge on any atom is -0.212 e. The topological polar surface area (TPSA) is 46.2 Å². The van der Waals surface area contributed by atoms with Crippen molar-refractivity contribution < 1.29 is 8.42 Å². The molecule has 1 aromatic rings. The molecule has 96 valence electrons. The molecule has 3 nitrogen and oxygen atoms in total. The molecule has 1 aromatic carbocycles. The Balaban J connectivity index is 2.59. The zero-order valence-corrected chi connectivity index (χ0v) is 11.5. The Morgan fingerprint density at radius 3 is 2.24 bits per heavy atom. The summed E-state index contributed by atoms with van der Waals surface area (Å²) in [5.74, 6) is 0.692. The fourth-order valence-electron chi connectivity index (χ4n) is 1.55. The van der Waals surface area contributed by atoms with Gasteiger partial charge in [-0.25, -0.2) is 13.1 Å². The van der Waals surface area contributed by atoms with Crippen LogP contribution in [0, 0.1) is 0 Å². The van der Waals surface area contributed by atoms with Crippen molar-refractivity contribution in [2.24, 2.45) is 0 Å². The summed E-state index contributed by atoms with van der Waals surface area (Å²) in [6.45, 7) is 6.51. The number of hydrogen-bond donors (Lipinski definition) is 1. The summed E-state index contributed by atoms with van der Waals surface area (Å²) in [7, 11) is -3.11. The van der Waals surface area contributed by atoms with Gasteiger partial charge in [-0.05, 0) is 23.5 Å². The van der Waals surface area contributed by atoms with Crippen molar-refractivity contribution in [3.63, 3.8) is 0 Å². The highest BCUT2D eigenvalue weighted by Gasteiger charge is 2.07. The van der Waals surface area contributed by atoms with E-state index in [1.165, 1.54) is 5.56 Å². The van der Waals surface area contributed by atoms with Crippen LogP contribution in [-0.4, -0.2) is 14.2 Å². The number of rotatable bonds is 6. The van der Waals surface area contributed by atoms with Crippen LogP contribution in [0.5, 0.6) is 0 Å². The quantitative estimate of drug-likeness (QED) is 0.849. The first-order valence-electron chi connectivity index (χ1n) is 6.01. The molecule has 1 rings (SSSR count). The lowest BCUT2D eigenvalue weighted by Crippen LogP contribution is -2.25. The van der Waals surface area contributed by atoms with Gasteiger partial charge in [-0.15, -0.1) is 0 Å². The molecule has 0 aliphatic heterocycles. The van der Waals surface area contributed by atoms with Gasteiger partial charge >= 0.3 is 0 Å². The summed E-state index contributed by atoms with van der Waals surface area (Å²) in [6.07, 6.45) is 0.640. The van der Waals surface area contributed by atoms with Crippen LogP contribution in [0.4, 0.5) is 0 Å². The van der Waals surface area contributed by atoms with Gasteiger partial charge in [0, 0.05) is 6.54 Å². The first-order chi connectivity index (χ1) is 7.94. The van der Waals surface area contributed by atoms with Gasteiger partial charge in [0.2, 0.25) is 10.0 Å². The summed E-state index contributed by atoms with van der Waals surface area (Å²) in [4.78, 5) is 0. The maximum atomic E-state index is 11.5. The molecule has 0 aliphatic carbocycles. The van der Waals surface area contributed by atoms with Gasteiger partial charge in [0.05, 0.1) is 5.75 Å². The van der Waals surface area contributed by atoms with Crippen molar-refractivity contribution in [3.05, 3.63) is 35.4 Å². The third-order valence-electron chi connectivity index (χ3n) is 2.62. The van der Waals surface area contributed by atoms with Gasteiger partial charge in [-0.2, -0.15) is 0 Å². The molecule has 0 radical (unpaired) electrons. The molecule has 0 fully saturated rings. The van der Waals surface area contributed by atoms with Crippen LogP contribution in [0.2, 0.25) is 0 Å². The molecule has 0 aromatic heterocycles. The molecule has 0 spiro atoms. The van der Waals surface area contributed by atoms with E-state index in [1.807, 2.05) is 31.2 Å². The van der Waals surface area contributed by atoms with Crippen LogP contribution in [0.15, 0.2) is 24.3 Å². The van der Waals surface area contributed by atoms with Gasteiger partial charge in [0.15, 0.2) is 0 Å². The van der Waals surface area contributed by atoms with Crippen LogP contribution in [0.1, 0.15) is 44.2 Å². The van der Waals surface area contributed by atoms with Crippen molar-refractivity contribution >= 4 is 10.0 Å². The van der Waals surface area contributed by atoms with Gasteiger partial charge in [0.1, 0.15) is 0 Å². The Labute approximate surface area is 104 Å². The summed E-state index contributed by atoms with van der Waals surface area (Å²) in [6, 6.07) is 8.05. The van der Waals surface area contributed by atoms with E-state index in [1.54, 1.807) is 0 Å². The Morgan fingerprint density at radius 1 is 1.18 bits per heavy atom. The van der Waals surface area contributed by atoms with Crippen molar-refractivity contribution in [1.82, 2.24) is 4.72 Å². The lowest BCUT2D eigenvalue weighted by atomic mass is 10.0. The van der Waals surface area contributed by atoms with Gasteiger partial charge in [0.25, 0.3) is 0 Å². The monoisotopic (exact) mass is 255 g/mol. The molecule has 0 saturated heterocycles. The Kier molecular flexibility index (Phi) is 5.15. The highest BCUT2D eigenvalue weighted by Crippen LogP contribution is 2.14. The molecule has 0 saturated carbocycles. The van der Waals surface area contributed by atoms with Crippen molar-refractivity contribution in [1.29, 1.82) is 0 Å². The van der Waals surface area contributed by atoms with E-state index in [2.05, 4.69) is 18.6 Å². The lowest BCUT2D eigenvalue weighted by molar-refractivity contribution is 0.580. The fourth-order valence-corrected chi connectivity index (χ4v) is 2.62. The molecular weight excluding hydrogens is 234 g/mol. The molecule has 0 heterocycles. The second kappa shape index (κ2) is 6.17. The standard InChI is InChI=1S/C13H21NO2S/c1-4-9-17(15,16)14-10-12-5-7-13(8-6-12)11(2)3/h5-8,11,14H,4,9-10H2,1-3H3. The third kappa shape index (κ3) is 4.88. The second-order valence-electron chi connectivity index (χ2n) is 4.54. The number of nitrogens with one attached hydrogen (secondary N) is 1. The van der Waals surface area contributed by atoms with E-state index in [0.29, 0.717) is 18.9 Å². The maximum Gasteiger partial charge on any atom is 0.211 e. The van der Waals surface area contributed by atoms with Crippen LogP contribution in [-0.2, 0) is 16.6 Å². The van der Waals surface area contributed by atoms with Crippen LogP contribution in [0.25, 0.3) is 0 Å². The van der Waals surface area contributed by atoms with Gasteiger partial charge in [-0.3, -0.25) is 0 Å². The third-order valence-corrected chi connectivity index (χ3v) is 4.15. The van der Waals surface area contributed by atoms with Crippen LogP contribution >= 0.6 is 0 Å². The molecule has 1 N–H and O–H groups in total. The number of benzene rings is 1. The average Bonchev–Trinajstić information content (AvgIpc) is 2.27. The Hall–Kier alpha value is -0.870. The van der Waals surface area contributed by atoms with Gasteiger partial charge in [-0.1, -0.05) is 45.0 Å². The smallest absolute Gasteiger partial charge is 0.211 e. The van der Waals surface area contributed by atoms with E-state index in [0.717, 1.165) is 5.56 Å². The molecular formula is C13H21NO2S. The van der Waals surface area contributed by atoms with Crippen molar-refractivity contribution in [2.75, 3.05) is 5.75 Å². The van der Waals surface area contributed by atoms with E-state index in [-0.39, 0.29) is 5.75 Å². The molecule has 0 atom stereocenters. The highest BCUT2D eigenvalue weighted by molar-refractivity contribution is 7.89. The van der Waals surface area contributed by atoms with Crippen molar-refractivity contribution in [3.8, 4) is 0 Å². The Bertz CT molecular complexity index is 435. The molecule has 0 unspecified atom stereocenters. The lowest BCUT2D eigenvalue weighted by Gasteiger charge is -2.08. The Morgan fingerprint density at radius 2 is 1.76 bits per heavy atom. The fraction of sp³-hybridized carbons (Fsp3) is 0.538. The first kappa shape index (κ1) is 14.2. The summed E-state index contributed by atoms with van der Waals surface area (Å²) in [5.41, 5.74) is 2.26. The van der Waals surface area contributed by atoms with Crippen LogP contribution < -0.4 is 4.72 Å². The normalized spacial score (nSPS) is 12.0. The van der Waals surface area contributed by atoms with E-state index in [4.69, 9.17) is 0 Å². The summed E-state index contributed by atoms with van der Waals surface area (Å²) >= 11 is 0. The largest absolute Gasteiger partial charge is 0.212 e. The minimum absolute atomic E-state index is 0.192. The van der Waals surface area contributed by atoms with Crippen LogP contribution in [0.3, 0.4) is 0 Å². The summed E-state index contributed by atoms with van der Waals surface area (Å²) in [5, 5.41) is 0. The van der Waals surface area contributed by atoms with E-state index < -0.39 is 10.0 Å². The number of hydrogen-bond acceptors (Lipinski definition) is 2. The molecule has 17 heavy (non-hydrogen) atoms.